The Hall–Kier alpha value is -3.96. The van der Waals surface area contributed by atoms with Gasteiger partial charge >= 0.3 is 5.69 Å². The van der Waals surface area contributed by atoms with Crippen molar-refractivity contribution in [3.63, 3.8) is 0 Å². The van der Waals surface area contributed by atoms with E-state index in [-0.39, 0.29) is 43.5 Å². The van der Waals surface area contributed by atoms with Gasteiger partial charge in [-0.2, -0.15) is 0 Å². The third-order valence-corrected chi connectivity index (χ3v) is 6.94. The highest BCUT2D eigenvalue weighted by molar-refractivity contribution is 7.90. The molecule has 0 spiro atoms. The van der Waals surface area contributed by atoms with Crippen LogP contribution in [0.2, 0.25) is 5.02 Å². The van der Waals surface area contributed by atoms with Gasteiger partial charge in [-0.15, -0.1) is 0 Å². The number of fused-ring (bicyclic) bond motifs is 1. The second-order valence-electron chi connectivity index (χ2n) is 7.38. The molecule has 0 fully saturated rings. The van der Waals surface area contributed by atoms with Crippen LogP contribution in [-0.2, 0) is 24.1 Å². The van der Waals surface area contributed by atoms with Crippen LogP contribution in [0.3, 0.4) is 0 Å². The van der Waals surface area contributed by atoms with Crippen molar-refractivity contribution in [2.75, 3.05) is 5.73 Å². The van der Waals surface area contributed by atoms with E-state index in [0.717, 1.165) is 9.13 Å². The van der Waals surface area contributed by atoms with Gasteiger partial charge in [0.05, 0.1) is 15.8 Å². The molecule has 2 aromatic carbocycles. The lowest BCUT2D eigenvalue weighted by Gasteiger charge is -2.17. The van der Waals surface area contributed by atoms with Crippen LogP contribution in [0.5, 0.6) is 0 Å². The number of nitrogen functional groups attached to an aromatic ring is 1. The van der Waals surface area contributed by atoms with Crippen LogP contribution < -0.4 is 21.7 Å². The summed E-state index contributed by atoms with van der Waals surface area (Å²) >= 11 is 6.39. The number of aromatic nitrogens is 3. The quantitative estimate of drug-likeness (QED) is 0.434. The molecule has 34 heavy (non-hydrogen) atoms. The standard InChI is InChI=1S/C22H18ClN5O5S/c1-27-19-17(21(30)28(2)22(27)31)15(13-10-6-7-11-14(13)23)16(18(24)25-19)20(29)26-34(32,33)12-8-4-3-5-9-12/h3-11H,1-2H3,(H2,24,25)(H,26,29). The lowest BCUT2D eigenvalue weighted by Crippen LogP contribution is -2.38. The number of amides is 1. The summed E-state index contributed by atoms with van der Waals surface area (Å²) in [5.41, 5.74) is 4.46. The fourth-order valence-corrected chi connectivity index (χ4v) is 4.81. The molecular weight excluding hydrogens is 482 g/mol. The molecule has 174 valence electrons. The number of carbonyl (C=O) groups excluding carboxylic acids is 1. The van der Waals surface area contributed by atoms with Crippen molar-refractivity contribution in [3.8, 4) is 11.1 Å². The predicted molar refractivity (Wildman–Crippen MR) is 128 cm³/mol. The molecule has 0 bridgehead atoms. The number of anilines is 1. The Balaban J connectivity index is 2.09. The lowest BCUT2D eigenvalue weighted by atomic mass is 9.96. The minimum absolute atomic E-state index is 0.0370. The molecule has 0 saturated carbocycles. The van der Waals surface area contributed by atoms with Crippen LogP contribution in [0.4, 0.5) is 5.82 Å². The minimum atomic E-state index is -4.27. The van der Waals surface area contributed by atoms with Crippen molar-refractivity contribution in [1.82, 2.24) is 18.8 Å². The van der Waals surface area contributed by atoms with Crippen LogP contribution in [0.1, 0.15) is 10.4 Å². The minimum Gasteiger partial charge on any atom is -0.383 e. The number of hydrogen-bond acceptors (Lipinski definition) is 7. The first-order valence-corrected chi connectivity index (χ1v) is 11.7. The summed E-state index contributed by atoms with van der Waals surface area (Å²) < 4.78 is 29.5. The first kappa shape index (κ1) is 23.2. The van der Waals surface area contributed by atoms with Gasteiger partial charge in [-0.05, 0) is 18.2 Å². The molecule has 10 nitrogen and oxygen atoms in total. The average Bonchev–Trinajstić information content (AvgIpc) is 2.81. The Kier molecular flexibility index (Phi) is 5.75. The summed E-state index contributed by atoms with van der Waals surface area (Å²) in [6, 6.07) is 13.6. The third-order valence-electron chi connectivity index (χ3n) is 5.27. The molecule has 0 atom stereocenters. The molecule has 2 aromatic heterocycles. The molecule has 4 aromatic rings. The predicted octanol–water partition coefficient (Wildman–Crippen LogP) is 1.65. The monoisotopic (exact) mass is 499 g/mol. The van der Waals surface area contributed by atoms with Crippen molar-refractivity contribution < 1.29 is 13.2 Å². The van der Waals surface area contributed by atoms with E-state index in [0.29, 0.717) is 0 Å². The topological polar surface area (TPSA) is 146 Å². The second kappa shape index (κ2) is 8.43. The smallest absolute Gasteiger partial charge is 0.332 e. The zero-order valence-electron chi connectivity index (χ0n) is 17.9. The number of nitrogens with two attached hydrogens (primary N) is 1. The molecule has 3 N–H and O–H groups in total. The molecule has 2 heterocycles. The Morgan fingerprint density at radius 2 is 1.62 bits per heavy atom. The summed E-state index contributed by atoms with van der Waals surface area (Å²) in [6.45, 7) is 0. The molecular formula is C22H18ClN5O5S. The van der Waals surface area contributed by atoms with Gasteiger partial charge in [0.1, 0.15) is 5.82 Å². The fraction of sp³-hybridized carbons (Fsp3) is 0.0909. The molecule has 4 rings (SSSR count). The Bertz CT molecular complexity index is 1700. The number of pyridine rings is 1. The third kappa shape index (κ3) is 3.74. The summed E-state index contributed by atoms with van der Waals surface area (Å²) in [7, 11) is -1.60. The van der Waals surface area contributed by atoms with Gasteiger partial charge in [0, 0.05) is 30.2 Å². The lowest BCUT2D eigenvalue weighted by molar-refractivity contribution is 0.0982. The number of benzene rings is 2. The molecule has 0 aliphatic heterocycles. The highest BCUT2D eigenvalue weighted by Crippen LogP contribution is 2.36. The van der Waals surface area contributed by atoms with Gasteiger partial charge in [0.2, 0.25) is 0 Å². The molecule has 0 saturated heterocycles. The summed E-state index contributed by atoms with van der Waals surface area (Å²) in [5.74, 6) is -1.49. The van der Waals surface area contributed by atoms with E-state index in [9.17, 15) is 22.8 Å². The summed E-state index contributed by atoms with van der Waals surface area (Å²) in [6.07, 6.45) is 0. The van der Waals surface area contributed by atoms with Crippen LogP contribution in [0.15, 0.2) is 69.1 Å². The van der Waals surface area contributed by atoms with Gasteiger partial charge in [-0.3, -0.25) is 18.7 Å². The van der Waals surface area contributed by atoms with E-state index in [1.54, 1.807) is 24.3 Å². The highest BCUT2D eigenvalue weighted by Gasteiger charge is 2.29. The number of hydrogen-bond donors (Lipinski definition) is 2. The van der Waals surface area contributed by atoms with Crippen LogP contribution in [0, 0.1) is 0 Å². The number of rotatable bonds is 4. The largest absolute Gasteiger partial charge is 0.383 e. The van der Waals surface area contributed by atoms with Crippen molar-refractivity contribution in [2.45, 2.75) is 4.90 Å². The summed E-state index contributed by atoms with van der Waals surface area (Å²) in [4.78, 5) is 42.9. The average molecular weight is 500 g/mol. The van der Waals surface area contributed by atoms with Crippen LogP contribution in [0.25, 0.3) is 22.2 Å². The van der Waals surface area contributed by atoms with E-state index in [1.165, 1.54) is 44.4 Å². The number of nitrogens with one attached hydrogen (secondary N) is 1. The Morgan fingerprint density at radius 3 is 2.26 bits per heavy atom. The van der Waals surface area contributed by atoms with E-state index >= 15 is 0 Å². The van der Waals surface area contributed by atoms with Crippen molar-refractivity contribution in [3.05, 3.63) is 86.0 Å². The first-order valence-electron chi connectivity index (χ1n) is 9.81. The molecule has 12 heteroatoms. The van der Waals surface area contributed by atoms with E-state index < -0.39 is 27.2 Å². The fourth-order valence-electron chi connectivity index (χ4n) is 3.60. The number of sulfonamides is 1. The SMILES string of the molecule is Cn1c(=O)c2c(-c3ccccc3Cl)c(C(=O)NS(=O)(=O)c3ccccc3)c(N)nc2n(C)c1=O. The molecule has 0 radical (unpaired) electrons. The number of halogens is 1. The molecule has 0 aliphatic rings. The van der Waals surface area contributed by atoms with Gasteiger partial charge in [0.15, 0.2) is 5.65 Å². The van der Waals surface area contributed by atoms with E-state index in [1.807, 2.05) is 4.72 Å². The Labute approximate surface area is 198 Å². The highest BCUT2D eigenvalue weighted by atomic mass is 35.5. The summed E-state index contributed by atoms with van der Waals surface area (Å²) in [5, 5.41) is 0.0550. The Morgan fingerprint density at radius 1 is 1.00 bits per heavy atom. The maximum Gasteiger partial charge on any atom is 0.332 e. The van der Waals surface area contributed by atoms with Crippen molar-refractivity contribution in [2.24, 2.45) is 14.1 Å². The van der Waals surface area contributed by atoms with E-state index in [2.05, 4.69) is 4.98 Å². The zero-order valence-corrected chi connectivity index (χ0v) is 19.5. The van der Waals surface area contributed by atoms with Crippen LogP contribution >= 0.6 is 11.6 Å². The van der Waals surface area contributed by atoms with Gasteiger partial charge in [-0.1, -0.05) is 48.0 Å². The number of aryl methyl sites for hydroxylation is 1. The van der Waals surface area contributed by atoms with Crippen molar-refractivity contribution >= 4 is 44.4 Å². The van der Waals surface area contributed by atoms with Gasteiger partial charge in [0.25, 0.3) is 21.5 Å². The number of carbonyl (C=O) groups is 1. The molecule has 0 unspecified atom stereocenters. The van der Waals surface area contributed by atoms with Crippen molar-refractivity contribution in [1.29, 1.82) is 0 Å². The maximum absolute atomic E-state index is 13.3. The normalized spacial score (nSPS) is 11.5. The zero-order chi connectivity index (χ0) is 24.8. The van der Waals surface area contributed by atoms with Gasteiger partial charge in [-0.25, -0.2) is 22.9 Å². The molecule has 1 amide bonds. The molecule has 0 aliphatic carbocycles. The number of nitrogens with zero attached hydrogens (tertiary/aromatic N) is 3. The van der Waals surface area contributed by atoms with Gasteiger partial charge < -0.3 is 5.73 Å². The van der Waals surface area contributed by atoms with Crippen LogP contribution in [-0.4, -0.2) is 28.4 Å². The maximum atomic E-state index is 13.3. The van der Waals surface area contributed by atoms with E-state index in [4.69, 9.17) is 17.3 Å². The first-order chi connectivity index (χ1) is 16.0. The second-order valence-corrected chi connectivity index (χ2v) is 9.47.